The van der Waals surface area contributed by atoms with Crippen LogP contribution in [-0.4, -0.2) is 16.1 Å². The molecular formula is C20H15ClFN3O2S. The number of nitrogens with one attached hydrogen (secondary N) is 3. The van der Waals surface area contributed by atoms with Crippen LogP contribution in [0, 0.1) is 5.82 Å². The molecule has 0 unspecified atom stereocenters. The van der Waals surface area contributed by atoms with Gasteiger partial charge >= 0.3 is 0 Å². The van der Waals surface area contributed by atoms with Crippen molar-refractivity contribution in [1.82, 2.24) is 0 Å². The largest absolute Gasteiger partial charge is 0.508 e. The molecule has 5 nitrogen and oxygen atoms in total. The van der Waals surface area contributed by atoms with E-state index in [1.54, 1.807) is 36.4 Å². The van der Waals surface area contributed by atoms with Gasteiger partial charge in [-0.3, -0.25) is 4.79 Å². The molecule has 3 aromatic rings. The molecule has 0 spiro atoms. The molecule has 142 valence electrons. The van der Waals surface area contributed by atoms with Crippen molar-refractivity contribution < 1.29 is 14.3 Å². The van der Waals surface area contributed by atoms with Crippen molar-refractivity contribution in [3.8, 4) is 5.75 Å². The smallest absolute Gasteiger partial charge is 0.258 e. The fourth-order valence-electron chi connectivity index (χ4n) is 2.42. The van der Waals surface area contributed by atoms with E-state index in [1.165, 1.54) is 30.3 Å². The highest BCUT2D eigenvalue weighted by molar-refractivity contribution is 7.80. The second-order valence-electron chi connectivity index (χ2n) is 5.79. The van der Waals surface area contributed by atoms with E-state index in [2.05, 4.69) is 16.0 Å². The summed E-state index contributed by atoms with van der Waals surface area (Å²) in [6.07, 6.45) is 0. The molecule has 0 atom stereocenters. The van der Waals surface area contributed by atoms with Gasteiger partial charge in [0, 0.05) is 28.2 Å². The van der Waals surface area contributed by atoms with Crippen LogP contribution in [0.2, 0.25) is 5.02 Å². The first-order valence-corrected chi connectivity index (χ1v) is 8.93. The monoisotopic (exact) mass is 415 g/mol. The Hall–Kier alpha value is -3.16. The maximum Gasteiger partial charge on any atom is 0.258 e. The van der Waals surface area contributed by atoms with Crippen LogP contribution >= 0.6 is 23.8 Å². The van der Waals surface area contributed by atoms with Crippen molar-refractivity contribution >= 4 is 51.9 Å². The van der Waals surface area contributed by atoms with Crippen molar-refractivity contribution in [3.63, 3.8) is 0 Å². The van der Waals surface area contributed by atoms with Crippen LogP contribution in [0.5, 0.6) is 5.75 Å². The predicted molar refractivity (Wildman–Crippen MR) is 114 cm³/mol. The minimum Gasteiger partial charge on any atom is -0.508 e. The molecule has 0 aliphatic carbocycles. The molecule has 0 fully saturated rings. The number of carbonyl (C=O) groups is 1. The lowest BCUT2D eigenvalue weighted by atomic mass is 10.2. The van der Waals surface area contributed by atoms with Gasteiger partial charge in [-0.05, 0) is 60.7 Å². The third kappa shape index (κ3) is 5.18. The Kier molecular flexibility index (Phi) is 6.08. The van der Waals surface area contributed by atoms with Gasteiger partial charge in [0.05, 0.1) is 5.56 Å². The quantitative estimate of drug-likeness (QED) is 0.438. The first kappa shape index (κ1) is 19.6. The number of halogens is 2. The third-order valence-electron chi connectivity index (χ3n) is 3.66. The van der Waals surface area contributed by atoms with Gasteiger partial charge in [0.15, 0.2) is 5.11 Å². The topological polar surface area (TPSA) is 73.4 Å². The molecule has 0 aliphatic heterocycles. The summed E-state index contributed by atoms with van der Waals surface area (Å²) in [6, 6.07) is 17.0. The highest BCUT2D eigenvalue weighted by Gasteiger charge is 2.11. The number of carbonyl (C=O) groups excluding carboxylic acids is 1. The Morgan fingerprint density at radius 2 is 1.50 bits per heavy atom. The fourth-order valence-corrected chi connectivity index (χ4v) is 2.89. The van der Waals surface area contributed by atoms with E-state index in [0.717, 1.165) is 0 Å². The van der Waals surface area contributed by atoms with Crippen LogP contribution in [0.15, 0.2) is 66.7 Å². The number of thiocarbonyl (C=S) groups is 1. The molecule has 0 saturated heterocycles. The van der Waals surface area contributed by atoms with Crippen LogP contribution in [0.3, 0.4) is 0 Å². The number of amides is 1. The summed E-state index contributed by atoms with van der Waals surface area (Å²) >= 11 is 11.1. The predicted octanol–water partition coefficient (Wildman–Crippen LogP) is 5.25. The second-order valence-corrected chi connectivity index (χ2v) is 6.63. The number of aromatic hydroxyl groups is 1. The van der Waals surface area contributed by atoms with E-state index >= 15 is 0 Å². The van der Waals surface area contributed by atoms with Crippen LogP contribution in [-0.2, 0) is 0 Å². The Labute approximate surface area is 171 Å². The Morgan fingerprint density at radius 1 is 0.893 bits per heavy atom. The lowest BCUT2D eigenvalue weighted by Gasteiger charge is -2.12. The van der Waals surface area contributed by atoms with Gasteiger partial charge in [-0.1, -0.05) is 23.7 Å². The van der Waals surface area contributed by atoms with Gasteiger partial charge < -0.3 is 21.1 Å². The number of hydrogen-bond acceptors (Lipinski definition) is 3. The lowest BCUT2D eigenvalue weighted by Crippen LogP contribution is -2.19. The van der Waals surface area contributed by atoms with Crippen LogP contribution in [0.25, 0.3) is 0 Å². The highest BCUT2D eigenvalue weighted by atomic mass is 35.5. The molecule has 8 heteroatoms. The molecule has 0 heterocycles. The molecule has 28 heavy (non-hydrogen) atoms. The standard InChI is InChI=1S/C20H15ClFN3O2S/c21-12-9-15(11-16(26)10-12)25-20(28)24-14-7-5-13(6-8-14)23-19(27)17-3-1-2-4-18(17)22/h1-11,26H,(H,23,27)(H2,24,25,28). The number of phenols is 1. The van der Waals surface area contributed by atoms with Gasteiger partial charge in [-0.15, -0.1) is 0 Å². The molecule has 3 aromatic carbocycles. The van der Waals surface area contributed by atoms with E-state index in [9.17, 15) is 14.3 Å². The van der Waals surface area contributed by atoms with Gasteiger partial charge in [-0.25, -0.2) is 4.39 Å². The van der Waals surface area contributed by atoms with E-state index in [4.69, 9.17) is 23.8 Å². The number of benzene rings is 3. The van der Waals surface area contributed by atoms with Crippen molar-refractivity contribution in [2.45, 2.75) is 0 Å². The molecule has 0 bridgehead atoms. The molecule has 0 radical (unpaired) electrons. The molecule has 0 saturated carbocycles. The molecular weight excluding hydrogens is 401 g/mol. The Bertz CT molecular complexity index is 1010. The third-order valence-corrected chi connectivity index (χ3v) is 4.08. The van der Waals surface area contributed by atoms with Crippen molar-refractivity contribution in [2.24, 2.45) is 0 Å². The van der Waals surface area contributed by atoms with E-state index < -0.39 is 11.7 Å². The molecule has 0 aliphatic rings. The summed E-state index contributed by atoms with van der Waals surface area (Å²) in [5.74, 6) is -1.09. The molecule has 1 amide bonds. The Balaban J connectivity index is 1.60. The van der Waals surface area contributed by atoms with E-state index in [1.807, 2.05) is 0 Å². The average molecular weight is 416 g/mol. The Morgan fingerprint density at radius 3 is 2.14 bits per heavy atom. The van der Waals surface area contributed by atoms with Gasteiger partial charge in [0.2, 0.25) is 0 Å². The molecule has 4 N–H and O–H groups in total. The minimum atomic E-state index is -0.582. The van der Waals surface area contributed by atoms with Crippen molar-refractivity contribution in [2.75, 3.05) is 16.0 Å². The number of hydrogen-bond donors (Lipinski definition) is 4. The number of phenolic OH excluding ortho intramolecular Hbond substituents is 1. The zero-order valence-corrected chi connectivity index (χ0v) is 15.9. The SMILES string of the molecule is O=C(Nc1ccc(NC(=S)Nc2cc(O)cc(Cl)c2)cc1)c1ccccc1F. The van der Waals surface area contributed by atoms with E-state index in [0.29, 0.717) is 27.2 Å². The first-order valence-electron chi connectivity index (χ1n) is 8.14. The van der Waals surface area contributed by atoms with Crippen molar-refractivity contribution in [3.05, 3.63) is 83.1 Å². The summed E-state index contributed by atoms with van der Waals surface area (Å²) < 4.78 is 13.7. The number of rotatable bonds is 4. The fraction of sp³-hybridized carbons (Fsp3) is 0. The molecule has 0 aromatic heterocycles. The summed E-state index contributed by atoms with van der Waals surface area (Å²) in [6.45, 7) is 0. The zero-order valence-electron chi connectivity index (χ0n) is 14.4. The maximum absolute atomic E-state index is 13.7. The van der Waals surface area contributed by atoms with Crippen LogP contribution < -0.4 is 16.0 Å². The van der Waals surface area contributed by atoms with Crippen LogP contribution in [0.1, 0.15) is 10.4 Å². The summed E-state index contributed by atoms with van der Waals surface area (Å²) in [7, 11) is 0. The van der Waals surface area contributed by atoms with Gasteiger partial charge in [0.25, 0.3) is 5.91 Å². The summed E-state index contributed by atoms with van der Waals surface area (Å²) in [5, 5.41) is 18.7. The second kappa shape index (κ2) is 8.69. The average Bonchev–Trinajstić information content (AvgIpc) is 2.62. The summed E-state index contributed by atoms with van der Waals surface area (Å²) in [4.78, 5) is 12.1. The number of anilines is 3. The van der Waals surface area contributed by atoms with Gasteiger partial charge in [-0.2, -0.15) is 0 Å². The van der Waals surface area contributed by atoms with Crippen LogP contribution in [0.4, 0.5) is 21.5 Å². The summed E-state index contributed by atoms with van der Waals surface area (Å²) in [5.41, 5.74) is 1.70. The first-order chi connectivity index (χ1) is 13.4. The normalized spacial score (nSPS) is 10.2. The van der Waals surface area contributed by atoms with E-state index in [-0.39, 0.29) is 11.3 Å². The molecule has 3 rings (SSSR count). The minimum absolute atomic E-state index is 0.0211. The maximum atomic E-state index is 13.7. The lowest BCUT2D eigenvalue weighted by molar-refractivity contribution is 0.102. The highest BCUT2D eigenvalue weighted by Crippen LogP contribution is 2.23. The zero-order chi connectivity index (χ0) is 20.1. The van der Waals surface area contributed by atoms with Gasteiger partial charge in [0.1, 0.15) is 11.6 Å². The van der Waals surface area contributed by atoms with Crippen molar-refractivity contribution in [1.29, 1.82) is 0 Å².